The van der Waals surface area contributed by atoms with Crippen LogP contribution in [0, 0.1) is 13.8 Å². The summed E-state index contributed by atoms with van der Waals surface area (Å²) in [6.45, 7) is 4.11. The highest BCUT2D eigenvalue weighted by Crippen LogP contribution is 2.36. The molecule has 0 bridgehead atoms. The molecule has 0 aromatic carbocycles. The van der Waals surface area contributed by atoms with E-state index in [0.717, 1.165) is 5.69 Å². The minimum Gasteiger partial charge on any atom is -0.375 e. The highest BCUT2D eigenvalue weighted by atomic mass is 32.1. The van der Waals surface area contributed by atoms with Crippen LogP contribution < -0.4 is 5.73 Å². The van der Waals surface area contributed by atoms with E-state index in [1.54, 1.807) is 22.7 Å². The monoisotopic (exact) mass is 210 g/mol. The molecule has 0 aliphatic carbocycles. The Morgan fingerprint density at radius 3 is 2.54 bits per heavy atom. The van der Waals surface area contributed by atoms with E-state index in [1.807, 2.05) is 6.92 Å². The highest BCUT2D eigenvalue weighted by Gasteiger charge is 2.10. The van der Waals surface area contributed by atoms with E-state index in [4.69, 9.17) is 5.73 Å². The van der Waals surface area contributed by atoms with Gasteiger partial charge in [0.2, 0.25) is 0 Å². The fourth-order valence-corrected chi connectivity index (χ4v) is 3.26. The van der Waals surface area contributed by atoms with Crippen LogP contribution in [0.5, 0.6) is 0 Å². The summed E-state index contributed by atoms with van der Waals surface area (Å²) < 4.78 is 0. The van der Waals surface area contributed by atoms with Gasteiger partial charge in [-0.25, -0.2) is 4.98 Å². The van der Waals surface area contributed by atoms with Gasteiger partial charge in [-0.15, -0.1) is 11.3 Å². The number of thiazole rings is 1. The fraction of sp³-hybridized carbons (Fsp3) is 0.222. The average Bonchev–Trinajstić information content (AvgIpc) is 2.58. The fourth-order valence-electron chi connectivity index (χ4n) is 1.23. The van der Waals surface area contributed by atoms with Gasteiger partial charge < -0.3 is 5.73 Å². The van der Waals surface area contributed by atoms with Crippen molar-refractivity contribution < 1.29 is 0 Å². The lowest BCUT2D eigenvalue weighted by molar-refractivity contribution is 1.27. The van der Waals surface area contributed by atoms with Gasteiger partial charge in [-0.1, -0.05) is 11.3 Å². The summed E-state index contributed by atoms with van der Waals surface area (Å²) >= 11 is 3.31. The maximum Gasteiger partial charge on any atom is 0.180 e. The lowest BCUT2D eigenvalue weighted by Crippen LogP contribution is -1.80. The van der Waals surface area contributed by atoms with Crippen molar-refractivity contribution in [1.82, 2.24) is 4.98 Å². The molecule has 4 heteroatoms. The quantitative estimate of drug-likeness (QED) is 0.785. The molecule has 0 radical (unpaired) electrons. The first kappa shape index (κ1) is 8.72. The molecule has 0 fully saturated rings. The zero-order chi connectivity index (χ0) is 9.42. The molecule has 0 amide bonds. The molecule has 0 saturated heterocycles. The minimum atomic E-state index is 0.653. The number of thiophene rings is 1. The summed E-state index contributed by atoms with van der Waals surface area (Å²) in [5.74, 6) is 0. The second-order valence-electron chi connectivity index (χ2n) is 2.90. The molecule has 2 aromatic rings. The van der Waals surface area contributed by atoms with E-state index in [0.29, 0.717) is 5.13 Å². The van der Waals surface area contributed by atoms with Gasteiger partial charge in [0.1, 0.15) is 0 Å². The zero-order valence-electron chi connectivity index (χ0n) is 7.50. The summed E-state index contributed by atoms with van der Waals surface area (Å²) in [6, 6.07) is 2.12. The predicted molar refractivity (Wildman–Crippen MR) is 59.3 cm³/mol. The van der Waals surface area contributed by atoms with E-state index in [-0.39, 0.29) is 0 Å². The number of hydrogen-bond donors (Lipinski definition) is 1. The van der Waals surface area contributed by atoms with Gasteiger partial charge in [0.25, 0.3) is 0 Å². The third-order valence-electron chi connectivity index (χ3n) is 1.88. The van der Waals surface area contributed by atoms with E-state index in [2.05, 4.69) is 23.4 Å². The van der Waals surface area contributed by atoms with Crippen LogP contribution in [0.2, 0.25) is 0 Å². The summed E-state index contributed by atoms with van der Waals surface area (Å²) in [5.41, 5.74) is 7.99. The minimum absolute atomic E-state index is 0.653. The summed E-state index contributed by atoms with van der Waals surface area (Å²) in [4.78, 5) is 6.72. The van der Waals surface area contributed by atoms with Crippen molar-refractivity contribution >= 4 is 27.8 Å². The number of rotatable bonds is 1. The summed E-state index contributed by atoms with van der Waals surface area (Å²) in [7, 11) is 0. The topological polar surface area (TPSA) is 38.9 Å². The number of anilines is 1. The van der Waals surface area contributed by atoms with Crippen molar-refractivity contribution in [3.63, 3.8) is 0 Å². The Hall–Kier alpha value is -0.870. The smallest absolute Gasteiger partial charge is 0.180 e. The molecule has 0 aliphatic rings. The van der Waals surface area contributed by atoms with Gasteiger partial charge in [0.15, 0.2) is 5.13 Å². The number of nitrogens with two attached hydrogens (primary N) is 1. The predicted octanol–water partition coefficient (Wildman–Crippen LogP) is 3.07. The molecule has 2 aromatic heterocycles. The van der Waals surface area contributed by atoms with Gasteiger partial charge in [0.05, 0.1) is 10.6 Å². The maximum absolute atomic E-state index is 5.65. The molecule has 2 rings (SSSR count). The lowest BCUT2D eigenvalue weighted by Gasteiger charge is -1.94. The Balaban J connectivity index is 2.58. The Kier molecular flexibility index (Phi) is 2.09. The van der Waals surface area contributed by atoms with Crippen LogP contribution in [0.4, 0.5) is 5.13 Å². The first-order valence-corrected chi connectivity index (χ1v) is 5.65. The Morgan fingerprint density at radius 1 is 1.31 bits per heavy atom. The van der Waals surface area contributed by atoms with Crippen molar-refractivity contribution in [2.24, 2.45) is 0 Å². The number of nitrogens with zero attached hydrogens (tertiary/aromatic N) is 1. The van der Waals surface area contributed by atoms with E-state index < -0.39 is 0 Å². The second-order valence-corrected chi connectivity index (χ2v) is 4.85. The lowest BCUT2D eigenvalue weighted by atomic mass is 10.2. The van der Waals surface area contributed by atoms with Crippen molar-refractivity contribution in [3.05, 3.63) is 22.7 Å². The Morgan fingerprint density at radius 2 is 2.08 bits per heavy atom. The molecule has 68 valence electrons. The summed E-state index contributed by atoms with van der Waals surface area (Å²) in [5, 5.41) is 2.75. The molecule has 0 aliphatic heterocycles. The third kappa shape index (κ3) is 1.47. The highest BCUT2D eigenvalue weighted by molar-refractivity contribution is 7.23. The molecule has 2 N–H and O–H groups in total. The number of hydrogen-bond acceptors (Lipinski definition) is 4. The zero-order valence-corrected chi connectivity index (χ0v) is 9.13. The first-order valence-electron chi connectivity index (χ1n) is 3.96. The van der Waals surface area contributed by atoms with Crippen LogP contribution in [0.15, 0.2) is 11.4 Å². The van der Waals surface area contributed by atoms with Gasteiger partial charge >= 0.3 is 0 Å². The SMILES string of the molecule is Cc1ccsc1-c1sc(N)nc1C. The standard InChI is InChI=1S/C9H10N2S2/c1-5-3-4-12-7(5)8-6(2)11-9(10)13-8/h3-4H,1-2H3,(H2,10,11). The molecule has 13 heavy (non-hydrogen) atoms. The summed E-state index contributed by atoms with van der Waals surface area (Å²) in [6.07, 6.45) is 0. The van der Waals surface area contributed by atoms with Crippen LogP contribution in [0.25, 0.3) is 9.75 Å². The van der Waals surface area contributed by atoms with Crippen molar-refractivity contribution in [3.8, 4) is 9.75 Å². The maximum atomic E-state index is 5.65. The van der Waals surface area contributed by atoms with Gasteiger partial charge in [-0.3, -0.25) is 0 Å². The van der Waals surface area contributed by atoms with E-state index >= 15 is 0 Å². The number of aromatic nitrogens is 1. The van der Waals surface area contributed by atoms with Gasteiger partial charge in [0, 0.05) is 4.88 Å². The molecule has 0 atom stereocenters. The van der Waals surface area contributed by atoms with Crippen LogP contribution in [0.1, 0.15) is 11.3 Å². The van der Waals surface area contributed by atoms with Gasteiger partial charge in [-0.2, -0.15) is 0 Å². The van der Waals surface area contributed by atoms with E-state index in [1.165, 1.54) is 15.3 Å². The number of nitrogen functional groups attached to an aromatic ring is 1. The molecule has 2 nitrogen and oxygen atoms in total. The van der Waals surface area contributed by atoms with Crippen LogP contribution >= 0.6 is 22.7 Å². The molecule has 0 unspecified atom stereocenters. The van der Waals surface area contributed by atoms with Crippen LogP contribution in [-0.2, 0) is 0 Å². The van der Waals surface area contributed by atoms with Gasteiger partial charge in [-0.05, 0) is 30.9 Å². The Bertz CT molecular complexity index is 429. The molecule has 0 saturated carbocycles. The molecular weight excluding hydrogens is 200 g/mol. The molecule has 0 spiro atoms. The normalized spacial score (nSPS) is 10.6. The second kappa shape index (κ2) is 3.12. The molecule has 2 heterocycles. The van der Waals surface area contributed by atoms with Crippen LogP contribution in [-0.4, -0.2) is 4.98 Å². The van der Waals surface area contributed by atoms with Crippen LogP contribution in [0.3, 0.4) is 0 Å². The van der Waals surface area contributed by atoms with E-state index in [9.17, 15) is 0 Å². The van der Waals surface area contributed by atoms with Crippen molar-refractivity contribution in [2.75, 3.05) is 5.73 Å². The van der Waals surface area contributed by atoms with Crippen molar-refractivity contribution in [2.45, 2.75) is 13.8 Å². The third-order valence-corrected chi connectivity index (χ3v) is 4.05. The largest absolute Gasteiger partial charge is 0.375 e. The van der Waals surface area contributed by atoms with Crippen molar-refractivity contribution in [1.29, 1.82) is 0 Å². The first-order chi connectivity index (χ1) is 6.18. The Labute approximate surface area is 85.1 Å². The average molecular weight is 210 g/mol. The number of aryl methyl sites for hydroxylation is 2. The molecular formula is C9H10N2S2.